The first kappa shape index (κ1) is 14.6. The van der Waals surface area contributed by atoms with E-state index in [1.807, 2.05) is 25.2 Å². The van der Waals surface area contributed by atoms with Crippen molar-refractivity contribution in [3.63, 3.8) is 0 Å². The summed E-state index contributed by atoms with van der Waals surface area (Å²) in [6, 6.07) is 10.2. The zero-order valence-corrected chi connectivity index (χ0v) is 14.4. The molecule has 0 unspecified atom stereocenters. The van der Waals surface area contributed by atoms with Gasteiger partial charge < -0.3 is 0 Å². The summed E-state index contributed by atoms with van der Waals surface area (Å²) in [5.74, 6) is 1.54. The Kier molecular flexibility index (Phi) is 3.30. The Labute approximate surface area is 148 Å². The fourth-order valence-electron chi connectivity index (χ4n) is 2.88. The second-order valence-corrected chi connectivity index (χ2v) is 7.03. The van der Waals surface area contributed by atoms with Crippen molar-refractivity contribution in [1.29, 1.82) is 0 Å². The SMILES string of the molecule is Cn1ncc2c(Sc3nnc(C4CC4)n3-c3ccccc3)ncnc21. The molecule has 4 aromatic rings. The Hall–Kier alpha value is -2.74. The van der Waals surface area contributed by atoms with E-state index in [0.29, 0.717) is 5.92 Å². The fourth-order valence-corrected chi connectivity index (χ4v) is 3.78. The molecule has 0 bridgehead atoms. The van der Waals surface area contributed by atoms with Crippen LogP contribution < -0.4 is 0 Å². The van der Waals surface area contributed by atoms with Crippen LogP contribution in [0.5, 0.6) is 0 Å². The van der Waals surface area contributed by atoms with E-state index in [1.54, 1.807) is 17.2 Å². The summed E-state index contributed by atoms with van der Waals surface area (Å²) in [6.07, 6.45) is 5.71. The fraction of sp³-hybridized carbons (Fsp3) is 0.235. The van der Waals surface area contributed by atoms with Gasteiger partial charge >= 0.3 is 0 Å². The van der Waals surface area contributed by atoms with Gasteiger partial charge in [0.2, 0.25) is 5.16 Å². The molecule has 1 saturated carbocycles. The van der Waals surface area contributed by atoms with E-state index >= 15 is 0 Å². The van der Waals surface area contributed by atoms with Gasteiger partial charge in [0.05, 0.1) is 11.6 Å². The van der Waals surface area contributed by atoms with E-state index in [2.05, 4.69) is 42.0 Å². The summed E-state index contributed by atoms with van der Waals surface area (Å²) in [5.41, 5.74) is 1.89. The molecular formula is C17H15N7S. The number of hydrogen-bond acceptors (Lipinski definition) is 6. The molecule has 1 fully saturated rings. The summed E-state index contributed by atoms with van der Waals surface area (Å²) in [6.45, 7) is 0. The van der Waals surface area contributed by atoms with Gasteiger partial charge in [-0.05, 0) is 36.7 Å². The zero-order chi connectivity index (χ0) is 16.8. The topological polar surface area (TPSA) is 74.3 Å². The lowest BCUT2D eigenvalue weighted by atomic mass is 10.3. The molecule has 5 rings (SSSR count). The average molecular weight is 349 g/mol. The first-order valence-electron chi connectivity index (χ1n) is 8.12. The number of nitrogens with zero attached hydrogens (tertiary/aromatic N) is 7. The van der Waals surface area contributed by atoms with Crippen LogP contribution in [0.25, 0.3) is 16.7 Å². The van der Waals surface area contributed by atoms with E-state index in [4.69, 9.17) is 0 Å². The van der Waals surface area contributed by atoms with Gasteiger partial charge in [-0.25, -0.2) is 9.97 Å². The highest BCUT2D eigenvalue weighted by molar-refractivity contribution is 7.99. The van der Waals surface area contributed by atoms with E-state index in [-0.39, 0.29) is 0 Å². The van der Waals surface area contributed by atoms with E-state index in [9.17, 15) is 0 Å². The molecular weight excluding hydrogens is 334 g/mol. The van der Waals surface area contributed by atoms with Crippen molar-refractivity contribution in [3.05, 3.63) is 48.7 Å². The first-order valence-corrected chi connectivity index (χ1v) is 8.94. The van der Waals surface area contributed by atoms with Crippen molar-refractivity contribution in [2.24, 2.45) is 7.05 Å². The highest BCUT2D eigenvalue weighted by atomic mass is 32.2. The molecule has 1 aromatic carbocycles. The lowest BCUT2D eigenvalue weighted by molar-refractivity contribution is 0.784. The molecule has 0 aliphatic heterocycles. The molecule has 0 amide bonds. The van der Waals surface area contributed by atoms with Gasteiger partial charge in [-0.1, -0.05) is 18.2 Å². The molecule has 0 spiro atoms. The molecule has 25 heavy (non-hydrogen) atoms. The highest BCUT2D eigenvalue weighted by Crippen LogP contribution is 2.42. The second-order valence-electron chi connectivity index (χ2n) is 6.07. The molecule has 0 N–H and O–H groups in total. The monoisotopic (exact) mass is 349 g/mol. The lowest BCUT2D eigenvalue weighted by Crippen LogP contribution is -2.01. The van der Waals surface area contributed by atoms with Crippen molar-refractivity contribution >= 4 is 22.8 Å². The standard InChI is InChI=1S/C17H15N7S/c1-23-15-13(9-20-23)16(19-10-18-15)25-17-22-21-14(11-7-8-11)24(17)12-5-3-2-4-6-12/h2-6,9-11H,7-8H2,1H3. The summed E-state index contributed by atoms with van der Waals surface area (Å²) in [7, 11) is 1.88. The van der Waals surface area contributed by atoms with Crippen LogP contribution in [-0.4, -0.2) is 34.5 Å². The quantitative estimate of drug-likeness (QED) is 0.527. The van der Waals surface area contributed by atoms with Crippen LogP contribution in [0.15, 0.2) is 53.0 Å². The Balaban J connectivity index is 1.62. The van der Waals surface area contributed by atoms with Crippen molar-refractivity contribution in [3.8, 4) is 5.69 Å². The molecule has 8 heteroatoms. The zero-order valence-electron chi connectivity index (χ0n) is 13.6. The molecule has 1 aliphatic carbocycles. The van der Waals surface area contributed by atoms with Crippen molar-refractivity contribution in [1.82, 2.24) is 34.5 Å². The van der Waals surface area contributed by atoms with Crippen molar-refractivity contribution in [2.75, 3.05) is 0 Å². The van der Waals surface area contributed by atoms with Crippen molar-refractivity contribution < 1.29 is 0 Å². The number of aromatic nitrogens is 7. The van der Waals surface area contributed by atoms with Crippen LogP contribution >= 0.6 is 11.8 Å². The number of aryl methyl sites for hydroxylation is 1. The maximum atomic E-state index is 4.46. The normalized spacial score (nSPS) is 14.3. The van der Waals surface area contributed by atoms with Gasteiger partial charge in [0.1, 0.15) is 17.2 Å². The van der Waals surface area contributed by atoms with Gasteiger partial charge in [-0.2, -0.15) is 5.10 Å². The summed E-state index contributed by atoms with van der Waals surface area (Å²) >= 11 is 1.50. The van der Waals surface area contributed by atoms with Crippen LogP contribution in [0, 0.1) is 0 Å². The molecule has 7 nitrogen and oxygen atoms in total. The van der Waals surface area contributed by atoms with Gasteiger partial charge in [-0.3, -0.25) is 9.25 Å². The van der Waals surface area contributed by atoms with Crippen LogP contribution in [0.2, 0.25) is 0 Å². The molecule has 3 aromatic heterocycles. The van der Waals surface area contributed by atoms with Crippen LogP contribution in [-0.2, 0) is 7.05 Å². The third-order valence-corrected chi connectivity index (χ3v) is 5.26. The van der Waals surface area contributed by atoms with Gasteiger partial charge in [0.15, 0.2) is 5.65 Å². The maximum absolute atomic E-state index is 4.46. The van der Waals surface area contributed by atoms with Gasteiger partial charge in [0.25, 0.3) is 0 Å². The smallest absolute Gasteiger partial charge is 0.202 e. The predicted octanol–water partition coefficient (Wildman–Crippen LogP) is 2.97. The average Bonchev–Trinajstić information content (AvgIpc) is 3.30. The number of rotatable bonds is 4. The Morgan fingerprint density at radius 1 is 1.08 bits per heavy atom. The molecule has 0 atom stereocenters. The molecule has 3 heterocycles. The minimum absolute atomic E-state index is 0.505. The number of benzene rings is 1. The Morgan fingerprint density at radius 2 is 1.92 bits per heavy atom. The third-order valence-electron chi connectivity index (χ3n) is 4.30. The number of fused-ring (bicyclic) bond motifs is 1. The third kappa shape index (κ3) is 2.49. The van der Waals surface area contributed by atoms with Crippen LogP contribution in [0.4, 0.5) is 0 Å². The molecule has 124 valence electrons. The van der Waals surface area contributed by atoms with E-state index < -0.39 is 0 Å². The van der Waals surface area contributed by atoms with E-state index in [0.717, 1.165) is 32.7 Å². The van der Waals surface area contributed by atoms with Gasteiger partial charge in [0, 0.05) is 18.7 Å². The van der Waals surface area contributed by atoms with Crippen LogP contribution in [0.1, 0.15) is 24.6 Å². The van der Waals surface area contributed by atoms with Crippen molar-refractivity contribution in [2.45, 2.75) is 28.9 Å². The molecule has 0 radical (unpaired) electrons. The van der Waals surface area contributed by atoms with Crippen LogP contribution in [0.3, 0.4) is 0 Å². The first-order chi connectivity index (χ1) is 12.3. The van der Waals surface area contributed by atoms with E-state index in [1.165, 1.54) is 24.6 Å². The maximum Gasteiger partial charge on any atom is 0.202 e. The predicted molar refractivity (Wildman–Crippen MR) is 93.8 cm³/mol. The summed E-state index contributed by atoms with van der Waals surface area (Å²) in [5, 5.41) is 15.8. The lowest BCUT2D eigenvalue weighted by Gasteiger charge is -2.09. The minimum atomic E-state index is 0.505. The summed E-state index contributed by atoms with van der Waals surface area (Å²) in [4.78, 5) is 8.74. The summed E-state index contributed by atoms with van der Waals surface area (Å²) < 4.78 is 3.89. The Bertz CT molecular complexity index is 1050. The van der Waals surface area contributed by atoms with Gasteiger partial charge in [-0.15, -0.1) is 10.2 Å². The minimum Gasteiger partial charge on any atom is -0.273 e. The largest absolute Gasteiger partial charge is 0.273 e. The second kappa shape index (κ2) is 5.66. The number of para-hydroxylation sites is 1. The number of hydrogen-bond donors (Lipinski definition) is 0. The molecule has 0 saturated heterocycles. The highest BCUT2D eigenvalue weighted by Gasteiger charge is 2.31. The molecule has 1 aliphatic rings. The Morgan fingerprint density at radius 3 is 2.72 bits per heavy atom.